The van der Waals surface area contributed by atoms with Crippen molar-refractivity contribution in [1.82, 2.24) is 4.57 Å². The first kappa shape index (κ1) is 11.0. The molecule has 0 unspecified atom stereocenters. The zero-order valence-corrected chi connectivity index (χ0v) is 10.1. The number of fused-ring (bicyclic) bond motifs is 1. The van der Waals surface area contributed by atoms with E-state index >= 15 is 0 Å². The van der Waals surface area contributed by atoms with E-state index in [1.807, 2.05) is 7.05 Å². The fourth-order valence-corrected chi connectivity index (χ4v) is 2.50. The molecule has 16 heavy (non-hydrogen) atoms. The number of aryl methyl sites for hydroxylation is 2. The van der Waals surface area contributed by atoms with Crippen LogP contribution in [0, 0.1) is 12.7 Å². The lowest BCUT2D eigenvalue weighted by molar-refractivity contribution is 0.633. The molecule has 2 N–H and O–H groups in total. The molecule has 0 aliphatic carbocycles. The number of rotatable bonds is 1. The van der Waals surface area contributed by atoms with Gasteiger partial charge in [-0.3, -0.25) is 0 Å². The summed E-state index contributed by atoms with van der Waals surface area (Å²) >= 11 is 0. The highest BCUT2D eigenvalue weighted by Gasteiger charge is 2.15. The second-order valence-electron chi connectivity index (χ2n) is 4.61. The summed E-state index contributed by atoms with van der Waals surface area (Å²) in [6.45, 7) is 6.34. The molecule has 1 aromatic carbocycles. The molecule has 0 saturated heterocycles. The van der Waals surface area contributed by atoms with Crippen LogP contribution in [-0.2, 0) is 7.05 Å². The summed E-state index contributed by atoms with van der Waals surface area (Å²) in [6.07, 6.45) is 0. The summed E-state index contributed by atoms with van der Waals surface area (Å²) in [4.78, 5) is 0. The lowest BCUT2D eigenvalue weighted by atomic mass is 10.0. The van der Waals surface area contributed by atoms with E-state index in [2.05, 4.69) is 25.3 Å². The van der Waals surface area contributed by atoms with Crippen molar-refractivity contribution in [3.8, 4) is 0 Å². The Bertz CT molecular complexity index is 508. The zero-order chi connectivity index (χ0) is 12.0. The van der Waals surface area contributed by atoms with Gasteiger partial charge in [-0.25, -0.2) is 4.39 Å². The van der Waals surface area contributed by atoms with Gasteiger partial charge in [-0.15, -0.1) is 0 Å². The van der Waals surface area contributed by atoms with Crippen molar-refractivity contribution in [3.63, 3.8) is 0 Å². The molecule has 3 heteroatoms. The molecule has 0 radical (unpaired) electrons. The molecule has 2 rings (SSSR count). The molecule has 0 fully saturated rings. The molecule has 86 valence electrons. The molecule has 0 amide bonds. The molecule has 2 aromatic rings. The van der Waals surface area contributed by atoms with E-state index in [1.54, 1.807) is 6.07 Å². The molecule has 0 atom stereocenters. The average Bonchev–Trinajstić information content (AvgIpc) is 2.41. The number of benzene rings is 1. The van der Waals surface area contributed by atoms with E-state index in [9.17, 15) is 4.39 Å². The number of nitrogen functional groups attached to an aromatic ring is 1. The Morgan fingerprint density at radius 1 is 1.31 bits per heavy atom. The van der Waals surface area contributed by atoms with E-state index in [0.717, 1.165) is 10.9 Å². The quantitative estimate of drug-likeness (QED) is 0.734. The molecule has 2 nitrogen and oxygen atoms in total. The van der Waals surface area contributed by atoms with E-state index in [4.69, 9.17) is 5.73 Å². The van der Waals surface area contributed by atoms with Crippen molar-refractivity contribution in [1.29, 1.82) is 0 Å². The monoisotopic (exact) mass is 220 g/mol. The number of aromatic nitrogens is 1. The maximum atomic E-state index is 13.4. The SMILES string of the molecule is Cc1c(C(C)C)n(C)c2cc(F)c(N)cc12. The summed E-state index contributed by atoms with van der Waals surface area (Å²) in [5, 5.41) is 1.05. The number of halogens is 1. The van der Waals surface area contributed by atoms with Crippen molar-refractivity contribution in [2.24, 2.45) is 7.05 Å². The molecular formula is C13H17FN2. The standard InChI is InChI=1S/C13H17FN2/c1-7(2)13-8(3)9-5-11(15)10(14)6-12(9)16(13)4/h5-7H,15H2,1-4H3. The number of hydrogen-bond donors (Lipinski definition) is 1. The van der Waals surface area contributed by atoms with E-state index in [1.165, 1.54) is 17.3 Å². The number of hydrogen-bond acceptors (Lipinski definition) is 1. The average molecular weight is 220 g/mol. The third kappa shape index (κ3) is 1.39. The van der Waals surface area contributed by atoms with Crippen molar-refractivity contribution in [2.75, 3.05) is 5.73 Å². The third-order valence-corrected chi connectivity index (χ3v) is 3.17. The lowest BCUT2D eigenvalue weighted by Gasteiger charge is -2.08. The van der Waals surface area contributed by atoms with Crippen molar-refractivity contribution < 1.29 is 4.39 Å². The molecule has 1 aromatic heterocycles. The molecular weight excluding hydrogens is 203 g/mol. The maximum absolute atomic E-state index is 13.4. The minimum Gasteiger partial charge on any atom is -0.396 e. The van der Waals surface area contributed by atoms with Crippen LogP contribution in [0.15, 0.2) is 12.1 Å². The first-order valence-electron chi connectivity index (χ1n) is 5.47. The van der Waals surface area contributed by atoms with E-state index < -0.39 is 0 Å². The van der Waals surface area contributed by atoms with Gasteiger partial charge in [0, 0.05) is 24.2 Å². The van der Waals surface area contributed by atoms with Gasteiger partial charge in [0.05, 0.1) is 11.2 Å². The number of nitrogens with two attached hydrogens (primary N) is 1. The molecule has 1 heterocycles. The van der Waals surface area contributed by atoms with Crippen LogP contribution in [0.1, 0.15) is 31.0 Å². The van der Waals surface area contributed by atoms with Gasteiger partial charge >= 0.3 is 0 Å². The van der Waals surface area contributed by atoms with Crippen LogP contribution in [0.5, 0.6) is 0 Å². The third-order valence-electron chi connectivity index (χ3n) is 3.17. The summed E-state index contributed by atoms with van der Waals surface area (Å²) in [5.41, 5.74) is 9.16. The van der Waals surface area contributed by atoms with Crippen LogP contribution in [0.3, 0.4) is 0 Å². The van der Waals surface area contributed by atoms with Crippen molar-refractivity contribution in [2.45, 2.75) is 26.7 Å². The summed E-state index contributed by atoms with van der Waals surface area (Å²) in [5.74, 6) is 0.0742. The molecule has 0 saturated carbocycles. The highest BCUT2D eigenvalue weighted by atomic mass is 19.1. The van der Waals surface area contributed by atoms with Gasteiger partial charge in [-0.1, -0.05) is 13.8 Å². The van der Waals surface area contributed by atoms with Crippen LogP contribution in [0.4, 0.5) is 10.1 Å². The first-order chi connectivity index (χ1) is 7.43. The second kappa shape index (κ2) is 3.51. The van der Waals surface area contributed by atoms with Gasteiger partial charge in [0.25, 0.3) is 0 Å². The lowest BCUT2D eigenvalue weighted by Crippen LogP contribution is -1.99. The van der Waals surface area contributed by atoms with Gasteiger partial charge in [-0.2, -0.15) is 0 Å². The van der Waals surface area contributed by atoms with Gasteiger partial charge in [-0.05, 0) is 24.5 Å². The smallest absolute Gasteiger partial charge is 0.148 e. The topological polar surface area (TPSA) is 30.9 Å². The molecule has 0 aliphatic heterocycles. The molecule has 0 spiro atoms. The van der Waals surface area contributed by atoms with Gasteiger partial charge in [0.15, 0.2) is 0 Å². The molecule has 0 aliphatic rings. The van der Waals surface area contributed by atoms with Gasteiger partial charge in [0.2, 0.25) is 0 Å². The Labute approximate surface area is 94.9 Å². The Morgan fingerprint density at radius 3 is 2.50 bits per heavy atom. The first-order valence-corrected chi connectivity index (χ1v) is 5.47. The predicted octanol–water partition coefficient (Wildman–Crippen LogP) is 3.33. The van der Waals surface area contributed by atoms with E-state index in [-0.39, 0.29) is 11.5 Å². The van der Waals surface area contributed by atoms with Crippen LogP contribution >= 0.6 is 0 Å². The Balaban J connectivity index is 2.88. The van der Waals surface area contributed by atoms with Gasteiger partial charge in [0.1, 0.15) is 5.82 Å². The normalized spacial score (nSPS) is 11.6. The summed E-state index contributed by atoms with van der Waals surface area (Å²) < 4.78 is 15.5. The van der Waals surface area contributed by atoms with Crippen molar-refractivity contribution in [3.05, 3.63) is 29.2 Å². The number of anilines is 1. The van der Waals surface area contributed by atoms with Crippen LogP contribution in [0.2, 0.25) is 0 Å². The minimum absolute atomic E-state index is 0.219. The van der Waals surface area contributed by atoms with Crippen LogP contribution in [0.25, 0.3) is 10.9 Å². The van der Waals surface area contributed by atoms with Crippen molar-refractivity contribution >= 4 is 16.6 Å². The number of nitrogens with zero attached hydrogens (tertiary/aromatic N) is 1. The highest BCUT2D eigenvalue weighted by Crippen LogP contribution is 2.31. The van der Waals surface area contributed by atoms with Gasteiger partial charge < -0.3 is 10.3 Å². The Hall–Kier alpha value is -1.51. The van der Waals surface area contributed by atoms with E-state index in [0.29, 0.717) is 5.92 Å². The predicted molar refractivity (Wildman–Crippen MR) is 66.1 cm³/mol. The van der Waals surface area contributed by atoms with Crippen LogP contribution in [-0.4, -0.2) is 4.57 Å². The highest BCUT2D eigenvalue weighted by molar-refractivity contribution is 5.88. The Morgan fingerprint density at radius 2 is 1.94 bits per heavy atom. The largest absolute Gasteiger partial charge is 0.396 e. The molecule has 0 bridgehead atoms. The minimum atomic E-state index is -0.344. The Kier molecular flexibility index (Phi) is 2.41. The zero-order valence-electron chi connectivity index (χ0n) is 10.1. The second-order valence-corrected chi connectivity index (χ2v) is 4.61. The summed E-state index contributed by atoms with van der Waals surface area (Å²) in [6, 6.07) is 3.25. The maximum Gasteiger partial charge on any atom is 0.148 e. The summed E-state index contributed by atoms with van der Waals surface area (Å²) in [7, 11) is 1.97. The fourth-order valence-electron chi connectivity index (χ4n) is 2.50. The fraction of sp³-hybridized carbons (Fsp3) is 0.385. The van der Waals surface area contributed by atoms with Crippen LogP contribution < -0.4 is 5.73 Å².